The summed E-state index contributed by atoms with van der Waals surface area (Å²) in [6.45, 7) is 5.45. The van der Waals surface area contributed by atoms with Gasteiger partial charge in [0, 0.05) is 4.88 Å². The fourth-order valence-corrected chi connectivity index (χ4v) is 2.07. The van der Waals surface area contributed by atoms with Gasteiger partial charge in [0.2, 0.25) is 0 Å². The number of hydrazone groups is 1. The molecule has 4 heteroatoms. The highest BCUT2D eigenvalue weighted by Gasteiger charge is 2.08. The standard InChI is InChI=1S/C10H14N2OS/c1-9(10-3-2-8-14-10)11-12-4-6-13-7-5-12/h2-3,8H,4-7H2,1H3/b11-9+. The number of rotatable bonds is 2. The smallest absolute Gasteiger partial charge is 0.0746 e. The molecule has 0 atom stereocenters. The molecule has 0 unspecified atom stereocenters. The quantitative estimate of drug-likeness (QED) is 0.695. The van der Waals surface area contributed by atoms with Gasteiger partial charge in [0.05, 0.1) is 32.0 Å². The lowest BCUT2D eigenvalue weighted by molar-refractivity contribution is 0.0394. The molecule has 0 amide bonds. The number of hydrogen-bond acceptors (Lipinski definition) is 4. The summed E-state index contributed by atoms with van der Waals surface area (Å²) in [5.74, 6) is 0. The van der Waals surface area contributed by atoms with Crippen molar-refractivity contribution < 1.29 is 4.74 Å². The minimum Gasteiger partial charge on any atom is -0.378 e. The predicted octanol–water partition coefficient (Wildman–Crippen LogP) is 1.80. The van der Waals surface area contributed by atoms with Gasteiger partial charge in [-0.2, -0.15) is 5.10 Å². The van der Waals surface area contributed by atoms with Crippen molar-refractivity contribution in [1.29, 1.82) is 0 Å². The van der Waals surface area contributed by atoms with Crippen LogP contribution in [0, 0.1) is 0 Å². The van der Waals surface area contributed by atoms with Gasteiger partial charge in [-0.3, -0.25) is 5.01 Å². The molecule has 2 rings (SSSR count). The van der Waals surface area contributed by atoms with E-state index in [1.54, 1.807) is 11.3 Å². The zero-order valence-corrected chi connectivity index (χ0v) is 9.09. The maximum absolute atomic E-state index is 5.26. The molecule has 0 saturated carbocycles. The molecule has 2 heterocycles. The molecule has 14 heavy (non-hydrogen) atoms. The van der Waals surface area contributed by atoms with E-state index >= 15 is 0 Å². The Morgan fingerprint density at radius 1 is 1.50 bits per heavy atom. The second kappa shape index (κ2) is 4.57. The molecule has 1 saturated heterocycles. The summed E-state index contributed by atoms with van der Waals surface area (Å²) in [7, 11) is 0. The third-order valence-corrected chi connectivity index (χ3v) is 3.14. The van der Waals surface area contributed by atoms with E-state index in [1.807, 2.05) is 0 Å². The van der Waals surface area contributed by atoms with E-state index in [0.717, 1.165) is 32.0 Å². The van der Waals surface area contributed by atoms with Crippen molar-refractivity contribution >= 4 is 17.0 Å². The first-order valence-electron chi connectivity index (χ1n) is 4.78. The van der Waals surface area contributed by atoms with E-state index in [4.69, 9.17) is 4.74 Å². The van der Waals surface area contributed by atoms with Crippen molar-refractivity contribution in [1.82, 2.24) is 5.01 Å². The molecule has 1 aromatic heterocycles. The number of morpholine rings is 1. The minimum atomic E-state index is 0.793. The van der Waals surface area contributed by atoms with Crippen molar-refractivity contribution in [3.05, 3.63) is 22.4 Å². The Morgan fingerprint density at radius 2 is 2.29 bits per heavy atom. The minimum absolute atomic E-state index is 0.793. The second-order valence-electron chi connectivity index (χ2n) is 3.23. The Bertz CT molecular complexity index is 302. The molecule has 0 radical (unpaired) electrons. The van der Waals surface area contributed by atoms with Crippen LogP contribution >= 0.6 is 11.3 Å². The lowest BCUT2D eigenvalue weighted by Gasteiger charge is -2.24. The summed E-state index contributed by atoms with van der Waals surface area (Å²) < 4.78 is 5.26. The van der Waals surface area contributed by atoms with Gasteiger partial charge < -0.3 is 4.74 Å². The Balaban J connectivity index is 2.02. The van der Waals surface area contributed by atoms with Gasteiger partial charge in [0.1, 0.15) is 0 Å². The summed E-state index contributed by atoms with van der Waals surface area (Å²) in [5.41, 5.74) is 1.10. The second-order valence-corrected chi connectivity index (χ2v) is 4.18. The van der Waals surface area contributed by atoms with Crippen molar-refractivity contribution in [2.75, 3.05) is 26.3 Å². The monoisotopic (exact) mass is 210 g/mol. The molecule has 0 aliphatic carbocycles. The molecule has 1 aromatic rings. The summed E-state index contributed by atoms with van der Waals surface area (Å²) in [6, 6.07) is 4.16. The van der Waals surface area contributed by atoms with E-state index < -0.39 is 0 Å². The summed E-state index contributed by atoms with van der Waals surface area (Å²) in [5, 5.41) is 8.72. The van der Waals surface area contributed by atoms with Crippen LogP contribution < -0.4 is 0 Å². The van der Waals surface area contributed by atoms with Crippen molar-refractivity contribution in [3.8, 4) is 0 Å². The van der Waals surface area contributed by atoms with E-state index in [-0.39, 0.29) is 0 Å². The molecule has 3 nitrogen and oxygen atoms in total. The molecular formula is C10H14N2OS. The molecule has 1 aliphatic rings. The molecule has 0 N–H and O–H groups in total. The fourth-order valence-electron chi connectivity index (χ4n) is 1.40. The third kappa shape index (κ3) is 2.33. The maximum atomic E-state index is 5.26. The highest BCUT2D eigenvalue weighted by Crippen LogP contribution is 2.11. The zero-order valence-electron chi connectivity index (χ0n) is 8.27. The van der Waals surface area contributed by atoms with Crippen LogP contribution in [0.4, 0.5) is 0 Å². The first-order chi connectivity index (χ1) is 6.86. The lowest BCUT2D eigenvalue weighted by Crippen LogP contribution is -2.32. The Kier molecular flexibility index (Phi) is 3.16. The zero-order chi connectivity index (χ0) is 9.80. The van der Waals surface area contributed by atoms with Crippen LogP contribution in [0.2, 0.25) is 0 Å². The van der Waals surface area contributed by atoms with Gasteiger partial charge in [-0.15, -0.1) is 11.3 Å². The van der Waals surface area contributed by atoms with Crippen LogP contribution in [-0.4, -0.2) is 37.0 Å². The van der Waals surface area contributed by atoms with Crippen LogP contribution in [0.25, 0.3) is 0 Å². The molecule has 0 aromatic carbocycles. The fraction of sp³-hybridized carbons (Fsp3) is 0.500. The molecular weight excluding hydrogens is 196 g/mol. The molecule has 1 fully saturated rings. The number of nitrogens with zero attached hydrogens (tertiary/aromatic N) is 2. The largest absolute Gasteiger partial charge is 0.378 e. The Labute approximate surface area is 88.0 Å². The van der Waals surface area contributed by atoms with Crippen LogP contribution in [0.3, 0.4) is 0 Å². The van der Waals surface area contributed by atoms with E-state index in [9.17, 15) is 0 Å². The number of thiophene rings is 1. The van der Waals surface area contributed by atoms with E-state index in [1.165, 1.54) is 4.88 Å². The molecule has 0 spiro atoms. The third-order valence-electron chi connectivity index (χ3n) is 2.16. The highest BCUT2D eigenvalue weighted by molar-refractivity contribution is 7.12. The summed E-state index contributed by atoms with van der Waals surface area (Å²) >= 11 is 1.73. The number of hydrogen-bond donors (Lipinski definition) is 0. The first kappa shape index (κ1) is 9.68. The highest BCUT2D eigenvalue weighted by atomic mass is 32.1. The molecule has 0 bridgehead atoms. The van der Waals surface area contributed by atoms with Gasteiger partial charge in [0.25, 0.3) is 0 Å². The van der Waals surface area contributed by atoms with Crippen LogP contribution in [-0.2, 0) is 4.74 Å². The van der Waals surface area contributed by atoms with Gasteiger partial charge >= 0.3 is 0 Å². The number of ether oxygens (including phenoxy) is 1. The lowest BCUT2D eigenvalue weighted by atomic mass is 10.3. The van der Waals surface area contributed by atoms with Crippen molar-refractivity contribution in [2.24, 2.45) is 5.10 Å². The van der Waals surface area contributed by atoms with Crippen molar-refractivity contribution in [2.45, 2.75) is 6.92 Å². The van der Waals surface area contributed by atoms with Crippen LogP contribution in [0.1, 0.15) is 11.8 Å². The maximum Gasteiger partial charge on any atom is 0.0746 e. The normalized spacial score (nSPS) is 18.6. The van der Waals surface area contributed by atoms with Crippen LogP contribution in [0.15, 0.2) is 22.6 Å². The van der Waals surface area contributed by atoms with Crippen molar-refractivity contribution in [3.63, 3.8) is 0 Å². The summed E-state index contributed by atoms with van der Waals surface area (Å²) in [6.07, 6.45) is 0. The van der Waals surface area contributed by atoms with E-state index in [0.29, 0.717) is 0 Å². The SMILES string of the molecule is C/C(=N\N1CCOCC1)c1cccs1. The van der Waals surface area contributed by atoms with Crippen LogP contribution in [0.5, 0.6) is 0 Å². The van der Waals surface area contributed by atoms with Gasteiger partial charge in [-0.25, -0.2) is 0 Å². The Hall–Kier alpha value is -0.870. The summed E-state index contributed by atoms with van der Waals surface area (Å²) in [4.78, 5) is 1.25. The van der Waals surface area contributed by atoms with Gasteiger partial charge in [0.15, 0.2) is 0 Å². The molecule has 76 valence electrons. The predicted molar refractivity (Wildman–Crippen MR) is 58.9 cm³/mol. The van der Waals surface area contributed by atoms with Gasteiger partial charge in [-0.05, 0) is 18.4 Å². The first-order valence-corrected chi connectivity index (χ1v) is 5.66. The van der Waals surface area contributed by atoms with E-state index in [2.05, 4.69) is 34.5 Å². The average molecular weight is 210 g/mol. The molecule has 1 aliphatic heterocycles. The van der Waals surface area contributed by atoms with Gasteiger partial charge in [-0.1, -0.05) is 6.07 Å². The Morgan fingerprint density at radius 3 is 2.93 bits per heavy atom. The average Bonchev–Trinajstić information content (AvgIpc) is 2.72. The topological polar surface area (TPSA) is 24.8 Å².